The number of esters is 1. The molecule has 1 amide bonds. The number of nitriles is 1. The van der Waals surface area contributed by atoms with Crippen LogP contribution in [0, 0.1) is 25.2 Å². The van der Waals surface area contributed by atoms with E-state index in [0.717, 1.165) is 22.5 Å². The van der Waals surface area contributed by atoms with Crippen LogP contribution in [-0.2, 0) is 20.9 Å². The van der Waals surface area contributed by atoms with Crippen LogP contribution in [0.5, 0.6) is 0 Å². The van der Waals surface area contributed by atoms with E-state index in [0.29, 0.717) is 11.6 Å². The first-order valence-electron chi connectivity index (χ1n) is 8.68. The van der Waals surface area contributed by atoms with E-state index in [-0.39, 0.29) is 13.0 Å². The molecule has 8 heteroatoms. The van der Waals surface area contributed by atoms with Crippen LogP contribution >= 0.6 is 11.6 Å². The molecule has 0 saturated carbocycles. The fraction of sp³-hybridized carbons (Fsp3) is 0.300. The summed E-state index contributed by atoms with van der Waals surface area (Å²) in [5.41, 5.74) is 3.41. The van der Waals surface area contributed by atoms with Crippen LogP contribution in [0.25, 0.3) is 6.08 Å². The minimum Gasteiger partial charge on any atom is -0.452 e. The minimum absolute atomic E-state index is 0.205. The smallest absolute Gasteiger partial charge is 0.331 e. The van der Waals surface area contributed by atoms with Crippen molar-refractivity contribution >= 4 is 29.6 Å². The lowest BCUT2D eigenvalue weighted by Gasteiger charge is -2.06. The lowest BCUT2D eigenvalue weighted by atomic mass is 10.1. The Balaban J connectivity index is 1.97. The Morgan fingerprint density at radius 2 is 2.11 bits per heavy atom. The van der Waals surface area contributed by atoms with Gasteiger partial charge in [-0.15, -0.1) is 0 Å². The number of amides is 1. The molecule has 0 fully saturated rings. The molecule has 1 heterocycles. The van der Waals surface area contributed by atoms with Crippen molar-refractivity contribution in [2.24, 2.45) is 0 Å². The Morgan fingerprint density at radius 1 is 1.36 bits per heavy atom. The average Bonchev–Trinajstić information content (AvgIpc) is 2.93. The molecule has 0 radical (unpaired) electrons. The lowest BCUT2D eigenvalue weighted by Crippen LogP contribution is -2.29. The molecular weight excluding hydrogens is 380 g/mol. The maximum atomic E-state index is 11.8. The second kappa shape index (κ2) is 10.3. The first kappa shape index (κ1) is 21.2. The standard InChI is InChI=1S/C20H21ClN4O3/c1-14-17(8-9-20(27)28-13-19(26)23-11-5-10-22)15(2)25(24-14)12-16-6-3-4-7-18(16)21/h3-4,6-9H,5,11-13H2,1-2H3,(H,23,26)/b9-8+. The summed E-state index contributed by atoms with van der Waals surface area (Å²) in [5.74, 6) is -1.08. The van der Waals surface area contributed by atoms with E-state index >= 15 is 0 Å². The number of nitrogens with zero attached hydrogens (tertiary/aromatic N) is 3. The summed E-state index contributed by atoms with van der Waals surface area (Å²) in [6, 6.07) is 9.46. The number of carbonyl (C=O) groups excluding carboxylic acids is 2. The van der Waals surface area contributed by atoms with Gasteiger partial charge in [-0.25, -0.2) is 4.79 Å². The zero-order valence-electron chi connectivity index (χ0n) is 15.7. The van der Waals surface area contributed by atoms with Crippen LogP contribution in [0.2, 0.25) is 5.02 Å². The van der Waals surface area contributed by atoms with Gasteiger partial charge in [0.25, 0.3) is 5.91 Å². The normalized spacial score (nSPS) is 10.6. The topological polar surface area (TPSA) is 97.0 Å². The number of nitrogens with one attached hydrogen (secondary N) is 1. The highest BCUT2D eigenvalue weighted by molar-refractivity contribution is 6.31. The van der Waals surface area contributed by atoms with Crippen LogP contribution in [0.1, 0.15) is 28.9 Å². The van der Waals surface area contributed by atoms with Crippen LogP contribution in [0.4, 0.5) is 0 Å². The van der Waals surface area contributed by atoms with E-state index in [1.165, 1.54) is 6.08 Å². The van der Waals surface area contributed by atoms with E-state index in [1.807, 2.05) is 48.9 Å². The number of ether oxygens (including phenoxy) is 1. The number of benzene rings is 1. The summed E-state index contributed by atoms with van der Waals surface area (Å²) >= 11 is 6.21. The molecule has 1 aromatic carbocycles. The summed E-state index contributed by atoms with van der Waals surface area (Å²) in [6.45, 7) is 4.12. The molecule has 0 unspecified atom stereocenters. The molecule has 1 aromatic heterocycles. The molecule has 2 aromatic rings. The van der Waals surface area contributed by atoms with Crippen molar-refractivity contribution in [2.75, 3.05) is 13.2 Å². The first-order valence-corrected chi connectivity index (χ1v) is 9.06. The van der Waals surface area contributed by atoms with Crippen molar-refractivity contribution in [2.45, 2.75) is 26.8 Å². The highest BCUT2D eigenvalue weighted by Crippen LogP contribution is 2.20. The number of rotatable bonds is 8. The zero-order chi connectivity index (χ0) is 20.5. The summed E-state index contributed by atoms with van der Waals surface area (Å²) in [7, 11) is 0. The second-order valence-corrected chi connectivity index (χ2v) is 6.44. The third-order valence-electron chi connectivity index (χ3n) is 4.01. The summed E-state index contributed by atoms with van der Waals surface area (Å²) in [4.78, 5) is 23.3. The minimum atomic E-state index is -0.631. The van der Waals surface area contributed by atoms with Crippen molar-refractivity contribution < 1.29 is 14.3 Å². The van der Waals surface area contributed by atoms with Crippen LogP contribution < -0.4 is 5.32 Å². The van der Waals surface area contributed by atoms with Crippen molar-refractivity contribution in [3.63, 3.8) is 0 Å². The molecule has 0 aliphatic rings. The van der Waals surface area contributed by atoms with Gasteiger partial charge in [-0.2, -0.15) is 10.4 Å². The van der Waals surface area contributed by atoms with Gasteiger partial charge in [0, 0.05) is 28.9 Å². The Morgan fingerprint density at radius 3 is 2.82 bits per heavy atom. The van der Waals surface area contributed by atoms with Crippen LogP contribution in [-0.4, -0.2) is 34.8 Å². The zero-order valence-corrected chi connectivity index (χ0v) is 16.5. The maximum Gasteiger partial charge on any atom is 0.331 e. The van der Waals surface area contributed by atoms with E-state index in [2.05, 4.69) is 10.4 Å². The third kappa shape index (κ3) is 5.96. The predicted octanol–water partition coefficient (Wildman–Crippen LogP) is 2.79. The van der Waals surface area contributed by atoms with E-state index in [4.69, 9.17) is 21.6 Å². The SMILES string of the molecule is Cc1nn(Cc2ccccc2Cl)c(C)c1/C=C/C(=O)OCC(=O)NCCC#N. The molecular formula is C20H21ClN4O3. The van der Waals surface area contributed by atoms with E-state index < -0.39 is 18.5 Å². The maximum absolute atomic E-state index is 11.8. The van der Waals surface area contributed by atoms with Gasteiger partial charge in [0.1, 0.15) is 0 Å². The van der Waals surface area contributed by atoms with Gasteiger partial charge in [0.05, 0.1) is 24.7 Å². The highest BCUT2D eigenvalue weighted by Gasteiger charge is 2.11. The van der Waals surface area contributed by atoms with Gasteiger partial charge in [-0.3, -0.25) is 9.48 Å². The Kier molecular flexibility index (Phi) is 7.78. The molecule has 0 atom stereocenters. The number of halogens is 1. The van der Waals surface area contributed by atoms with Crippen LogP contribution in [0.3, 0.4) is 0 Å². The molecule has 0 aliphatic carbocycles. The lowest BCUT2D eigenvalue weighted by molar-refractivity contribution is -0.143. The van der Waals surface area contributed by atoms with Crippen molar-refractivity contribution in [1.29, 1.82) is 5.26 Å². The fourth-order valence-electron chi connectivity index (χ4n) is 2.54. The molecule has 0 spiro atoms. The molecule has 0 aliphatic heterocycles. The molecule has 2 rings (SSSR count). The van der Waals surface area contributed by atoms with E-state index in [9.17, 15) is 9.59 Å². The quantitative estimate of drug-likeness (QED) is 0.417. The monoisotopic (exact) mass is 400 g/mol. The summed E-state index contributed by atoms with van der Waals surface area (Å²) in [6.07, 6.45) is 3.09. The highest BCUT2D eigenvalue weighted by atomic mass is 35.5. The van der Waals surface area contributed by atoms with Gasteiger partial charge < -0.3 is 10.1 Å². The molecule has 146 valence electrons. The van der Waals surface area contributed by atoms with Crippen molar-refractivity contribution in [1.82, 2.24) is 15.1 Å². The van der Waals surface area contributed by atoms with Gasteiger partial charge in [-0.1, -0.05) is 29.8 Å². The van der Waals surface area contributed by atoms with Gasteiger partial charge in [-0.05, 0) is 31.6 Å². The number of carbonyl (C=O) groups is 2. The molecule has 1 N–H and O–H groups in total. The summed E-state index contributed by atoms with van der Waals surface area (Å²) < 4.78 is 6.71. The Bertz CT molecular complexity index is 928. The molecule has 7 nitrogen and oxygen atoms in total. The molecule has 0 bridgehead atoms. The largest absolute Gasteiger partial charge is 0.452 e. The van der Waals surface area contributed by atoms with Gasteiger partial charge in [0.2, 0.25) is 0 Å². The van der Waals surface area contributed by atoms with Crippen molar-refractivity contribution in [3.8, 4) is 6.07 Å². The Hall–Kier alpha value is -3.11. The number of hydrogen-bond acceptors (Lipinski definition) is 5. The third-order valence-corrected chi connectivity index (χ3v) is 4.37. The van der Waals surface area contributed by atoms with Crippen LogP contribution in [0.15, 0.2) is 30.3 Å². The predicted molar refractivity (Wildman–Crippen MR) is 105 cm³/mol. The number of aryl methyl sites for hydroxylation is 1. The Labute approximate surface area is 168 Å². The first-order chi connectivity index (χ1) is 13.4. The van der Waals surface area contributed by atoms with Gasteiger partial charge in [0.15, 0.2) is 6.61 Å². The average molecular weight is 401 g/mol. The van der Waals surface area contributed by atoms with Crippen molar-refractivity contribution in [3.05, 3.63) is 57.9 Å². The molecule has 28 heavy (non-hydrogen) atoms. The second-order valence-electron chi connectivity index (χ2n) is 6.03. The number of hydrogen-bond donors (Lipinski definition) is 1. The number of aromatic nitrogens is 2. The van der Waals surface area contributed by atoms with Gasteiger partial charge >= 0.3 is 5.97 Å². The molecule has 0 saturated heterocycles. The van der Waals surface area contributed by atoms with E-state index in [1.54, 1.807) is 6.08 Å². The summed E-state index contributed by atoms with van der Waals surface area (Å²) in [5, 5.41) is 16.1. The fourth-order valence-corrected chi connectivity index (χ4v) is 2.73.